The molecule has 1 atom stereocenters. The van der Waals surface area contributed by atoms with E-state index in [4.69, 9.17) is 0 Å². The molecule has 31 heavy (non-hydrogen) atoms. The lowest BCUT2D eigenvalue weighted by Gasteiger charge is -2.47. The summed E-state index contributed by atoms with van der Waals surface area (Å²) in [5.74, 6) is -0.702. The van der Waals surface area contributed by atoms with Gasteiger partial charge in [0.2, 0.25) is 21.8 Å². The molecule has 1 unspecified atom stereocenters. The largest absolute Gasteiger partial charge is 0.351 e. The number of hydrogen-bond donors (Lipinski definition) is 1. The number of carbonyl (C=O) groups is 2. The standard InChI is InChI=1S/C23H35N3O4S/c1-4-15-31(29,30)25-16-21(27)26(20-13-11-18(5-2)12-14-20)23(3,17-25)22(28)24-19-9-7-6-8-10-19/h11-14,19H,4-10,15-17H2,1-3H3,(H,24,28). The first-order valence-corrected chi connectivity index (χ1v) is 13.0. The lowest BCUT2D eigenvalue weighted by Crippen LogP contribution is -2.71. The van der Waals surface area contributed by atoms with Gasteiger partial charge in [0.1, 0.15) is 5.54 Å². The molecule has 0 spiro atoms. The first kappa shape index (κ1) is 23.7. The molecule has 3 rings (SSSR count). The Hall–Kier alpha value is -1.93. The van der Waals surface area contributed by atoms with Crippen molar-refractivity contribution in [3.05, 3.63) is 29.8 Å². The SMILES string of the molecule is CCCS(=O)(=O)N1CC(=O)N(c2ccc(CC)cc2)C(C)(C(=O)NC2CCCCC2)C1. The number of carbonyl (C=O) groups excluding carboxylic acids is 2. The quantitative estimate of drug-likeness (QED) is 0.693. The van der Waals surface area contributed by atoms with Gasteiger partial charge < -0.3 is 5.32 Å². The molecule has 1 saturated heterocycles. The number of piperazine rings is 1. The number of benzene rings is 1. The van der Waals surface area contributed by atoms with Crippen molar-refractivity contribution in [2.24, 2.45) is 0 Å². The first-order chi connectivity index (χ1) is 14.7. The highest BCUT2D eigenvalue weighted by atomic mass is 32.2. The molecule has 1 aromatic carbocycles. The van der Waals surface area contributed by atoms with E-state index >= 15 is 0 Å². The zero-order valence-electron chi connectivity index (χ0n) is 18.9. The topological polar surface area (TPSA) is 86.8 Å². The van der Waals surface area contributed by atoms with Crippen LogP contribution in [0.3, 0.4) is 0 Å². The van der Waals surface area contributed by atoms with Gasteiger partial charge in [0, 0.05) is 18.3 Å². The Bertz CT molecular complexity index is 894. The van der Waals surface area contributed by atoms with Crippen LogP contribution in [0, 0.1) is 0 Å². The van der Waals surface area contributed by atoms with Gasteiger partial charge in [-0.15, -0.1) is 0 Å². The Morgan fingerprint density at radius 1 is 1.13 bits per heavy atom. The average Bonchev–Trinajstić information content (AvgIpc) is 2.74. The Kier molecular flexibility index (Phi) is 7.42. The van der Waals surface area contributed by atoms with E-state index in [1.54, 1.807) is 13.8 Å². The maximum Gasteiger partial charge on any atom is 0.247 e. The van der Waals surface area contributed by atoms with Crippen LogP contribution in [0.15, 0.2) is 24.3 Å². The van der Waals surface area contributed by atoms with Crippen molar-refractivity contribution in [3.63, 3.8) is 0 Å². The van der Waals surface area contributed by atoms with Crippen molar-refractivity contribution in [1.82, 2.24) is 9.62 Å². The minimum absolute atomic E-state index is 0.0359. The van der Waals surface area contributed by atoms with E-state index in [1.807, 2.05) is 24.3 Å². The summed E-state index contributed by atoms with van der Waals surface area (Å²) in [6.07, 6.45) is 6.47. The fraction of sp³-hybridized carbons (Fsp3) is 0.652. The second kappa shape index (κ2) is 9.69. The fourth-order valence-corrected chi connectivity index (χ4v) is 6.15. The molecular formula is C23H35N3O4S. The van der Waals surface area contributed by atoms with Crippen LogP contribution in [-0.4, -0.2) is 55.0 Å². The molecule has 8 heteroatoms. The summed E-state index contributed by atoms with van der Waals surface area (Å²) in [4.78, 5) is 28.3. The van der Waals surface area contributed by atoms with Gasteiger partial charge in [-0.05, 0) is 50.3 Å². The monoisotopic (exact) mass is 449 g/mol. The lowest BCUT2D eigenvalue weighted by molar-refractivity contribution is -0.133. The third kappa shape index (κ3) is 5.12. The van der Waals surface area contributed by atoms with Crippen molar-refractivity contribution in [2.75, 3.05) is 23.7 Å². The summed E-state index contributed by atoms with van der Waals surface area (Å²) in [6, 6.07) is 7.66. The van der Waals surface area contributed by atoms with E-state index in [9.17, 15) is 18.0 Å². The predicted octanol–water partition coefficient (Wildman–Crippen LogP) is 2.85. The van der Waals surface area contributed by atoms with E-state index in [2.05, 4.69) is 12.2 Å². The van der Waals surface area contributed by atoms with Crippen molar-refractivity contribution in [2.45, 2.75) is 77.3 Å². The Balaban J connectivity index is 1.96. The second-order valence-electron chi connectivity index (χ2n) is 8.92. The van der Waals surface area contributed by atoms with Crippen LogP contribution in [0.2, 0.25) is 0 Å². The van der Waals surface area contributed by atoms with Crippen molar-refractivity contribution in [3.8, 4) is 0 Å². The summed E-state index contributed by atoms with van der Waals surface area (Å²) in [7, 11) is -3.61. The number of sulfonamides is 1. The molecule has 1 saturated carbocycles. The van der Waals surface area contributed by atoms with Gasteiger partial charge in [0.05, 0.1) is 12.3 Å². The zero-order chi connectivity index (χ0) is 22.6. The lowest BCUT2D eigenvalue weighted by atomic mass is 9.91. The summed E-state index contributed by atoms with van der Waals surface area (Å²) >= 11 is 0. The highest BCUT2D eigenvalue weighted by molar-refractivity contribution is 7.89. The van der Waals surface area contributed by atoms with E-state index in [-0.39, 0.29) is 36.7 Å². The maximum atomic E-state index is 13.5. The Labute approximate surface area is 186 Å². The molecule has 7 nitrogen and oxygen atoms in total. The molecule has 1 aromatic rings. The number of anilines is 1. The van der Waals surface area contributed by atoms with Gasteiger partial charge >= 0.3 is 0 Å². The van der Waals surface area contributed by atoms with E-state index in [1.165, 1.54) is 15.6 Å². The van der Waals surface area contributed by atoms with Crippen molar-refractivity contribution in [1.29, 1.82) is 0 Å². The molecule has 1 N–H and O–H groups in total. The number of nitrogens with one attached hydrogen (secondary N) is 1. The zero-order valence-corrected chi connectivity index (χ0v) is 19.7. The molecule has 172 valence electrons. The minimum Gasteiger partial charge on any atom is -0.351 e. The van der Waals surface area contributed by atoms with Crippen LogP contribution in [0.1, 0.15) is 64.9 Å². The van der Waals surface area contributed by atoms with Crippen LogP contribution in [0.5, 0.6) is 0 Å². The third-order valence-electron chi connectivity index (χ3n) is 6.43. The highest BCUT2D eigenvalue weighted by Gasteiger charge is 2.51. The number of hydrogen-bond acceptors (Lipinski definition) is 4. The first-order valence-electron chi connectivity index (χ1n) is 11.4. The normalized spacial score (nSPS) is 23.7. The molecule has 0 bridgehead atoms. The smallest absolute Gasteiger partial charge is 0.247 e. The Morgan fingerprint density at radius 3 is 2.35 bits per heavy atom. The van der Waals surface area contributed by atoms with Crippen molar-refractivity contribution < 1.29 is 18.0 Å². The molecular weight excluding hydrogens is 414 g/mol. The number of aryl methyl sites for hydroxylation is 1. The van der Waals surface area contributed by atoms with Crippen LogP contribution in [0.25, 0.3) is 0 Å². The van der Waals surface area contributed by atoms with Gasteiger partial charge in [-0.2, -0.15) is 4.31 Å². The molecule has 1 aliphatic carbocycles. The number of amides is 2. The predicted molar refractivity (Wildman–Crippen MR) is 122 cm³/mol. The van der Waals surface area contributed by atoms with Gasteiger partial charge in [0.25, 0.3) is 0 Å². The summed E-state index contributed by atoms with van der Waals surface area (Å²) in [5, 5.41) is 3.12. The molecule has 1 aliphatic heterocycles. The summed E-state index contributed by atoms with van der Waals surface area (Å²) < 4.78 is 26.8. The van der Waals surface area contributed by atoms with Gasteiger partial charge in [-0.3, -0.25) is 14.5 Å². The summed E-state index contributed by atoms with van der Waals surface area (Å²) in [5.41, 5.74) is 0.436. The van der Waals surface area contributed by atoms with E-state index in [0.29, 0.717) is 12.1 Å². The van der Waals surface area contributed by atoms with Gasteiger partial charge in [0.15, 0.2) is 0 Å². The third-order valence-corrected chi connectivity index (χ3v) is 8.40. The van der Waals surface area contributed by atoms with Crippen LogP contribution in [-0.2, 0) is 26.0 Å². The van der Waals surface area contributed by atoms with E-state index < -0.39 is 15.6 Å². The maximum absolute atomic E-state index is 13.5. The Morgan fingerprint density at radius 2 is 1.77 bits per heavy atom. The average molecular weight is 450 g/mol. The summed E-state index contributed by atoms with van der Waals surface area (Å²) in [6.45, 7) is 5.24. The molecule has 0 aromatic heterocycles. The molecule has 1 heterocycles. The van der Waals surface area contributed by atoms with Crippen LogP contribution >= 0.6 is 0 Å². The van der Waals surface area contributed by atoms with Gasteiger partial charge in [-0.1, -0.05) is 45.2 Å². The molecule has 2 amide bonds. The minimum atomic E-state index is -3.61. The van der Waals surface area contributed by atoms with Crippen molar-refractivity contribution >= 4 is 27.5 Å². The number of rotatable bonds is 7. The second-order valence-corrected chi connectivity index (χ2v) is 11.0. The fourth-order valence-electron chi connectivity index (χ4n) is 4.62. The number of nitrogens with zero attached hydrogens (tertiary/aromatic N) is 2. The van der Waals surface area contributed by atoms with E-state index in [0.717, 1.165) is 37.7 Å². The molecule has 0 radical (unpaired) electrons. The highest BCUT2D eigenvalue weighted by Crippen LogP contribution is 2.32. The molecule has 2 aliphatic rings. The van der Waals surface area contributed by atoms with Crippen LogP contribution < -0.4 is 10.2 Å². The van der Waals surface area contributed by atoms with Gasteiger partial charge in [-0.25, -0.2) is 8.42 Å². The molecule has 2 fully saturated rings. The van der Waals surface area contributed by atoms with Crippen LogP contribution in [0.4, 0.5) is 5.69 Å².